The van der Waals surface area contributed by atoms with Gasteiger partial charge < -0.3 is 10.1 Å². The molecule has 142 valence electrons. The zero-order chi connectivity index (χ0) is 19.8. The molecule has 7 heteroatoms. The van der Waals surface area contributed by atoms with Crippen LogP contribution in [0, 0.1) is 5.82 Å². The highest BCUT2D eigenvalue weighted by Crippen LogP contribution is 2.16. The minimum Gasteiger partial charge on any atom is -0.497 e. The van der Waals surface area contributed by atoms with E-state index in [1.807, 2.05) is 30.3 Å². The van der Waals surface area contributed by atoms with Crippen molar-refractivity contribution in [2.24, 2.45) is 4.99 Å². The Morgan fingerprint density at radius 1 is 1.11 bits per heavy atom. The zero-order valence-electron chi connectivity index (χ0n) is 15.2. The number of halogens is 1. The number of benzene rings is 2. The second-order valence-corrected chi connectivity index (χ2v) is 5.84. The second-order valence-electron chi connectivity index (χ2n) is 5.84. The van der Waals surface area contributed by atoms with Gasteiger partial charge in [-0.25, -0.2) is 9.38 Å². The van der Waals surface area contributed by atoms with Crippen molar-refractivity contribution in [1.29, 1.82) is 0 Å². The monoisotopic (exact) mass is 378 g/mol. The molecule has 0 saturated heterocycles. The van der Waals surface area contributed by atoms with Crippen molar-refractivity contribution < 1.29 is 13.9 Å². The predicted molar refractivity (Wildman–Crippen MR) is 106 cm³/mol. The van der Waals surface area contributed by atoms with Crippen molar-refractivity contribution in [2.75, 3.05) is 12.4 Å². The van der Waals surface area contributed by atoms with E-state index in [1.165, 1.54) is 24.3 Å². The van der Waals surface area contributed by atoms with Gasteiger partial charge in [-0.05, 0) is 48.0 Å². The van der Waals surface area contributed by atoms with E-state index in [0.29, 0.717) is 18.0 Å². The lowest BCUT2D eigenvalue weighted by molar-refractivity contribution is 0.0976. The summed E-state index contributed by atoms with van der Waals surface area (Å²) >= 11 is 0. The molecular weight excluding hydrogens is 359 g/mol. The summed E-state index contributed by atoms with van der Waals surface area (Å²) in [6.07, 6.45) is 3.34. The minimum absolute atomic E-state index is 0.198. The van der Waals surface area contributed by atoms with Crippen molar-refractivity contribution in [1.82, 2.24) is 10.3 Å². The number of hydrogen-bond acceptors (Lipinski definition) is 4. The maximum atomic E-state index is 13.4. The van der Waals surface area contributed by atoms with E-state index in [-0.39, 0.29) is 11.5 Å². The second kappa shape index (κ2) is 9.27. The summed E-state index contributed by atoms with van der Waals surface area (Å²) in [6.45, 7) is 0.332. The fraction of sp³-hybridized carbons (Fsp3) is 0.0952. The SMILES string of the molecule is COc1cccc(NC(=NCc2ccncc2)NC(=O)c2cccc(F)c2)c1. The number of aromatic nitrogens is 1. The van der Waals surface area contributed by atoms with Crippen LogP contribution >= 0.6 is 0 Å². The van der Waals surface area contributed by atoms with Gasteiger partial charge >= 0.3 is 0 Å². The van der Waals surface area contributed by atoms with Crippen molar-refractivity contribution in [3.8, 4) is 5.75 Å². The van der Waals surface area contributed by atoms with Gasteiger partial charge in [0.15, 0.2) is 0 Å². The number of guanidine groups is 1. The Morgan fingerprint density at radius 3 is 2.64 bits per heavy atom. The van der Waals surface area contributed by atoms with Gasteiger partial charge in [-0.15, -0.1) is 0 Å². The topological polar surface area (TPSA) is 75.6 Å². The van der Waals surface area contributed by atoms with Gasteiger partial charge in [0.05, 0.1) is 13.7 Å². The molecule has 0 saturated carbocycles. The molecule has 2 aromatic carbocycles. The van der Waals surface area contributed by atoms with Crippen molar-refractivity contribution in [3.63, 3.8) is 0 Å². The molecule has 3 rings (SSSR count). The summed E-state index contributed by atoms with van der Waals surface area (Å²) in [5.41, 5.74) is 1.82. The molecule has 0 aliphatic carbocycles. The van der Waals surface area contributed by atoms with E-state index in [4.69, 9.17) is 4.74 Å². The fourth-order valence-electron chi connectivity index (χ4n) is 2.42. The fourth-order valence-corrected chi connectivity index (χ4v) is 2.42. The van der Waals surface area contributed by atoms with Gasteiger partial charge in [0, 0.05) is 29.7 Å². The summed E-state index contributed by atoms with van der Waals surface area (Å²) < 4.78 is 18.6. The van der Waals surface area contributed by atoms with Crippen LogP contribution in [-0.2, 0) is 6.54 Å². The normalized spacial score (nSPS) is 11.0. The molecule has 1 heterocycles. The maximum absolute atomic E-state index is 13.4. The molecule has 0 bridgehead atoms. The molecule has 6 nitrogen and oxygen atoms in total. The van der Waals surface area contributed by atoms with Gasteiger partial charge in [0.1, 0.15) is 11.6 Å². The molecular formula is C21H19FN4O2. The Bertz CT molecular complexity index is 977. The van der Waals surface area contributed by atoms with Crippen LogP contribution in [0.4, 0.5) is 10.1 Å². The highest BCUT2D eigenvalue weighted by molar-refractivity contribution is 6.10. The minimum atomic E-state index is -0.483. The van der Waals surface area contributed by atoms with Crippen LogP contribution in [0.1, 0.15) is 15.9 Å². The molecule has 0 aliphatic heterocycles. The number of hydrogen-bond donors (Lipinski definition) is 2. The number of anilines is 1. The van der Waals surface area contributed by atoms with E-state index in [1.54, 1.807) is 25.6 Å². The summed E-state index contributed by atoms with van der Waals surface area (Å²) in [5, 5.41) is 5.76. The van der Waals surface area contributed by atoms with E-state index >= 15 is 0 Å². The Kier molecular flexibility index (Phi) is 6.30. The number of ether oxygens (including phenoxy) is 1. The molecule has 3 aromatic rings. The van der Waals surface area contributed by atoms with Crippen LogP contribution in [0.5, 0.6) is 5.75 Å². The molecule has 0 spiro atoms. The number of pyridine rings is 1. The number of nitrogens with one attached hydrogen (secondary N) is 2. The van der Waals surface area contributed by atoms with Gasteiger partial charge in [-0.2, -0.15) is 0 Å². The largest absolute Gasteiger partial charge is 0.497 e. The standard InChI is InChI=1S/C21H19FN4O2/c1-28-19-7-3-6-18(13-19)25-21(24-14-15-8-10-23-11-9-15)26-20(27)16-4-2-5-17(22)12-16/h2-13H,14H2,1H3,(H2,24,25,26,27). The molecule has 28 heavy (non-hydrogen) atoms. The third kappa shape index (κ3) is 5.38. The van der Waals surface area contributed by atoms with Crippen molar-refractivity contribution in [3.05, 3.63) is 90.0 Å². The van der Waals surface area contributed by atoms with Gasteiger partial charge in [-0.1, -0.05) is 12.1 Å². The number of methoxy groups -OCH3 is 1. The summed E-state index contributed by atoms with van der Waals surface area (Å²) in [4.78, 5) is 20.9. The highest BCUT2D eigenvalue weighted by atomic mass is 19.1. The third-order valence-corrected chi connectivity index (χ3v) is 3.82. The average Bonchev–Trinajstić information content (AvgIpc) is 2.73. The average molecular weight is 378 g/mol. The lowest BCUT2D eigenvalue weighted by atomic mass is 10.2. The van der Waals surface area contributed by atoms with Crippen LogP contribution in [0.25, 0.3) is 0 Å². The van der Waals surface area contributed by atoms with E-state index < -0.39 is 11.7 Å². The van der Waals surface area contributed by atoms with E-state index in [0.717, 1.165) is 5.56 Å². The zero-order valence-corrected chi connectivity index (χ0v) is 15.2. The van der Waals surface area contributed by atoms with Crippen LogP contribution in [0.2, 0.25) is 0 Å². The van der Waals surface area contributed by atoms with E-state index in [2.05, 4.69) is 20.6 Å². The van der Waals surface area contributed by atoms with Gasteiger partial charge in [-0.3, -0.25) is 15.1 Å². The molecule has 0 radical (unpaired) electrons. The summed E-state index contributed by atoms with van der Waals surface area (Å²) in [7, 11) is 1.57. The quantitative estimate of drug-likeness (QED) is 0.525. The number of amides is 1. The van der Waals surface area contributed by atoms with Gasteiger partial charge in [0.25, 0.3) is 5.91 Å². The Balaban J connectivity index is 1.81. The Morgan fingerprint density at radius 2 is 1.89 bits per heavy atom. The summed E-state index contributed by atoms with van der Waals surface area (Å²) in [5.74, 6) is -0.0543. The Hall–Kier alpha value is -3.74. The number of nitrogens with zero attached hydrogens (tertiary/aromatic N) is 2. The number of rotatable bonds is 5. The van der Waals surface area contributed by atoms with Crippen LogP contribution in [0.3, 0.4) is 0 Å². The lowest BCUT2D eigenvalue weighted by Gasteiger charge is -2.13. The third-order valence-electron chi connectivity index (χ3n) is 3.82. The first-order valence-electron chi connectivity index (χ1n) is 8.55. The first kappa shape index (κ1) is 19.0. The maximum Gasteiger partial charge on any atom is 0.258 e. The Labute approximate surface area is 162 Å². The smallest absolute Gasteiger partial charge is 0.258 e. The predicted octanol–water partition coefficient (Wildman–Crippen LogP) is 3.63. The van der Waals surface area contributed by atoms with Crippen molar-refractivity contribution in [2.45, 2.75) is 6.54 Å². The highest BCUT2D eigenvalue weighted by Gasteiger charge is 2.10. The molecule has 1 amide bonds. The van der Waals surface area contributed by atoms with Crippen molar-refractivity contribution >= 4 is 17.6 Å². The molecule has 0 atom stereocenters. The first-order chi connectivity index (χ1) is 13.6. The van der Waals surface area contributed by atoms with E-state index in [9.17, 15) is 9.18 Å². The number of aliphatic imine (C=N–C) groups is 1. The number of carbonyl (C=O) groups is 1. The van der Waals surface area contributed by atoms with Gasteiger partial charge in [0.2, 0.25) is 5.96 Å². The molecule has 2 N–H and O–H groups in total. The molecule has 0 fully saturated rings. The molecule has 1 aromatic heterocycles. The lowest BCUT2D eigenvalue weighted by Crippen LogP contribution is -2.36. The van der Waals surface area contributed by atoms with Crippen LogP contribution in [0.15, 0.2) is 78.0 Å². The number of carbonyl (C=O) groups excluding carboxylic acids is 1. The molecule has 0 aliphatic rings. The molecule has 0 unspecified atom stereocenters. The van der Waals surface area contributed by atoms with Crippen LogP contribution in [-0.4, -0.2) is 24.0 Å². The van der Waals surface area contributed by atoms with Crippen LogP contribution < -0.4 is 15.4 Å². The first-order valence-corrected chi connectivity index (χ1v) is 8.55. The summed E-state index contributed by atoms with van der Waals surface area (Å²) in [6, 6.07) is 16.3.